The molecular weight excluding hydrogens is 288 g/mol. The van der Waals surface area contributed by atoms with Gasteiger partial charge in [0.15, 0.2) is 0 Å². The molecule has 4 heteroatoms. The van der Waals surface area contributed by atoms with Crippen LogP contribution in [0.15, 0.2) is 24.4 Å². The summed E-state index contributed by atoms with van der Waals surface area (Å²) in [7, 11) is 1.68. The molecule has 1 amide bonds. The number of aromatic nitrogens is 1. The van der Waals surface area contributed by atoms with E-state index in [1.165, 1.54) is 5.56 Å². The third-order valence-corrected chi connectivity index (χ3v) is 4.44. The third-order valence-electron chi connectivity index (χ3n) is 4.44. The van der Waals surface area contributed by atoms with Crippen molar-refractivity contribution in [3.63, 3.8) is 0 Å². The van der Waals surface area contributed by atoms with Gasteiger partial charge < -0.3 is 15.0 Å². The molecular formula is C19H28N2O2. The number of carbonyl (C=O) groups excluding carboxylic acids is 1. The number of hydrogen-bond acceptors (Lipinski definition) is 2. The molecule has 2 aromatic rings. The normalized spacial score (nSPS) is 12.3. The zero-order valence-corrected chi connectivity index (χ0v) is 14.4. The van der Waals surface area contributed by atoms with Gasteiger partial charge in [0.2, 0.25) is 5.91 Å². The quantitative estimate of drug-likeness (QED) is 0.733. The van der Waals surface area contributed by atoms with Crippen molar-refractivity contribution in [3.05, 3.63) is 30.0 Å². The monoisotopic (exact) mass is 316 g/mol. The van der Waals surface area contributed by atoms with Gasteiger partial charge in [0.25, 0.3) is 0 Å². The zero-order valence-electron chi connectivity index (χ0n) is 14.4. The number of aromatic amines is 1. The number of rotatable bonds is 9. The van der Waals surface area contributed by atoms with Gasteiger partial charge in [-0.2, -0.15) is 0 Å². The lowest BCUT2D eigenvalue weighted by molar-refractivity contribution is -0.125. The summed E-state index contributed by atoms with van der Waals surface area (Å²) in [5.74, 6) is 1.20. The van der Waals surface area contributed by atoms with E-state index in [0.29, 0.717) is 6.54 Å². The first-order valence-electron chi connectivity index (χ1n) is 8.61. The van der Waals surface area contributed by atoms with Crippen LogP contribution in [-0.2, 0) is 11.2 Å². The van der Waals surface area contributed by atoms with Crippen LogP contribution in [0.5, 0.6) is 5.75 Å². The van der Waals surface area contributed by atoms with Gasteiger partial charge >= 0.3 is 0 Å². The number of nitrogens with one attached hydrogen (secondary N) is 2. The first-order valence-corrected chi connectivity index (χ1v) is 8.61. The van der Waals surface area contributed by atoms with Crippen molar-refractivity contribution in [3.8, 4) is 5.75 Å². The van der Waals surface area contributed by atoms with E-state index in [4.69, 9.17) is 4.74 Å². The predicted molar refractivity (Wildman–Crippen MR) is 94.9 cm³/mol. The molecule has 0 aliphatic carbocycles. The molecule has 1 heterocycles. The van der Waals surface area contributed by atoms with E-state index in [-0.39, 0.29) is 11.8 Å². The highest BCUT2D eigenvalue weighted by Crippen LogP contribution is 2.23. The van der Waals surface area contributed by atoms with E-state index < -0.39 is 0 Å². The predicted octanol–water partition coefficient (Wildman–Crippen LogP) is 4.05. The highest BCUT2D eigenvalue weighted by molar-refractivity contribution is 5.84. The maximum Gasteiger partial charge on any atom is 0.223 e. The van der Waals surface area contributed by atoms with Gasteiger partial charge in [0, 0.05) is 29.6 Å². The first kappa shape index (κ1) is 17.4. The number of H-pyrrole nitrogens is 1. The minimum absolute atomic E-state index is 0.151. The number of hydrogen-bond donors (Lipinski definition) is 2. The van der Waals surface area contributed by atoms with Crippen LogP contribution in [0.3, 0.4) is 0 Å². The van der Waals surface area contributed by atoms with Crippen molar-refractivity contribution in [2.24, 2.45) is 5.92 Å². The van der Waals surface area contributed by atoms with E-state index in [1.807, 2.05) is 24.4 Å². The fraction of sp³-hybridized carbons (Fsp3) is 0.526. The van der Waals surface area contributed by atoms with Crippen LogP contribution in [0, 0.1) is 5.92 Å². The first-order chi connectivity index (χ1) is 11.2. The average molecular weight is 316 g/mol. The molecule has 1 aromatic carbocycles. The molecule has 0 saturated heterocycles. The Morgan fingerprint density at radius 3 is 2.87 bits per heavy atom. The van der Waals surface area contributed by atoms with Crippen LogP contribution < -0.4 is 10.1 Å². The summed E-state index contributed by atoms with van der Waals surface area (Å²) in [6, 6.07) is 6.01. The smallest absolute Gasteiger partial charge is 0.223 e. The fourth-order valence-electron chi connectivity index (χ4n) is 2.93. The van der Waals surface area contributed by atoms with Crippen molar-refractivity contribution >= 4 is 16.8 Å². The highest BCUT2D eigenvalue weighted by Gasteiger charge is 2.15. The largest absolute Gasteiger partial charge is 0.497 e. The van der Waals surface area contributed by atoms with Gasteiger partial charge in [-0.15, -0.1) is 0 Å². The van der Waals surface area contributed by atoms with Crippen molar-refractivity contribution in [2.75, 3.05) is 13.7 Å². The second-order valence-electron chi connectivity index (χ2n) is 6.01. The molecule has 1 atom stereocenters. The molecule has 4 nitrogen and oxygen atoms in total. The Morgan fingerprint density at radius 1 is 1.35 bits per heavy atom. The fourth-order valence-corrected chi connectivity index (χ4v) is 2.93. The molecule has 0 aliphatic heterocycles. The molecule has 0 saturated carbocycles. The molecule has 2 N–H and O–H groups in total. The van der Waals surface area contributed by atoms with Gasteiger partial charge in [0.05, 0.1) is 7.11 Å². The summed E-state index contributed by atoms with van der Waals surface area (Å²) < 4.78 is 5.29. The van der Waals surface area contributed by atoms with Crippen LogP contribution in [0.1, 0.15) is 45.1 Å². The van der Waals surface area contributed by atoms with Crippen molar-refractivity contribution in [1.29, 1.82) is 0 Å². The standard InChI is InChI=1S/C19H28N2O2/c1-4-6-7-14(5-2)19(22)20-11-10-15-13-21-18-9-8-16(23-3)12-17(15)18/h8-9,12-14,21H,4-7,10-11H2,1-3H3,(H,20,22). The van der Waals surface area contributed by atoms with Crippen LogP contribution in [0.4, 0.5) is 0 Å². The van der Waals surface area contributed by atoms with E-state index in [2.05, 4.69) is 24.1 Å². The Labute approximate surface area is 138 Å². The summed E-state index contributed by atoms with van der Waals surface area (Å²) in [6.45, 7) is 4.92. The van der Waals surface area contributed by atoms with Gasteiger partial charge in [-0.1, -0.05) is 26.7 Å². The van der Waals surface area contributed by atoms with Crippen molar-refractivity contribution in [1.82, 2.24) is 10.3 Å². The minimum atomic E-state index is 0.151. The molecule has 0 fully saturated rings. The third kappa shape index (κ3) is 4.50. The Kier molecular flexibility index (Phi) is 6.51. The molecule has 1 unspecified atom stereocenters. The summed E-state index contributed by atoms with van der Waals surface area (Å²) in [5.41, 5.74) is 2.31. The Morgan fingerprint density at radius 2 is 2.17 bits per heavy atom. The molecule has 23 heavy (non-hydrogen) atoms. The van der Waals surface area contributed by atoms with Crippen molar-refractivity contribution in [2.45, 2.75) is 46.0 Å². The summed E-state index contributed by atoms with van der Waals surface area (Å²) in [6.07, 6.45) is 7.00. The van der Waals surface area contributed by atoms with Gasteiger partial charge in [-0.25, -0.2) is 0 Å². The molecule has 0 aliphatic rings. The number of amides is 1. The Bertz CT molecular complexity index is 633. The number of carbonyl (C=O) groups is 1. The van der Waals surface area contributed by atoms with E-state index >= 15 is 0 Å². The summed E-state index contributed by atoms with van der Waals surface area (Å²) in [5, 5.41) is 4.25. The van der Waals surface area contributed by atoms with Gasteiger partial charge in [0.1, 0.15) is 5.75 Å². The second-order valence-corrected chi connectivity index (χ2v) is 6.01. The maximum atomic E-state index is 12.2. The maximum absolute atomic E-state index is 12.2. The number of methoxy groups -OCH3 is 1. The van der Waals surface area contributed by atoms with Crippen LogP contribution in [0.25, 0.3) is 10.9 Å². The van der Waals surface area contributed by atoms with Gasteiger partial charge in [-0.05, 0) is 43.0 Å². The molecule has 0 bridgehead atoms. The number of unbranched alkanes of at least 4 members (excludes halogenated alkanes) is 1. The van der Waals surface area contributed by atoms with Gasteiger partial charge in [-0.3, -0.25) is 4.79 Å². The number of fused-ring (bicyclic) bond motifs is 1. The summed E-state index contributed by atoms with van der Waals surface area (Å²) in [4.78, 5) is 15.5. The Hall–Kier alpha value is -1.97. The minimum Gasteiger partial charge on any atom is -0.497 e. The highest BCUT2D eigenvalue weighted by atomic mass is 16.5. The van der Waals surface area contributed by atoms with Crippen molar-refractivity contribution < 1.29 is 9.53 Å². The number of ether oxygens (including phenoxy) is 1. The molecule has 0 radical (unpaired) electrons. The van der Waals surface area contributed by atoms with Crippen LogP contribution in [0.2, 0.25) is 0 Å². The van der Waals surface area contributed by atoms with E-state index in [1.54, 1.807) is 7.11 Å². The average Bonchev–Trinajstić information content (AvgIpc) is 2.98. The molecule has 1 aromatic heterocycles. The zero-order chi connectivity index (χ0) is 16.7. The lowest BCUT2D eigenvalue weighted by Gasteiger charge is -2.14. The SMILES string of the molecule is CCCCC(CC)C(=O)NCCc1c[nH]c2ccc(OC)cc12. The van der Waals surface area contributed by atoms with E-state index in [9.17, 15) is 4.79 Å². The van der Waals surface area contributed by atoms with Crippen LogP contribution >= 0.6 is 0 Å². The van der Waals surface area contributed by atoms with E-state index in [0.717, 1.165) is 48.8 Å². The Balaban J connectivity index is 1.92. The second kappa shape index (κ2) is 8.61. The molecule has 126 valence electrons. The molecule has 2 rings (SSSR count). The topological polar surface area (TPSA) is 54.1 Å². The number of benzene rings is 1. The lowest BCUT2D eigenvalue weighted by Crippen LogP contribution is -2.32. The lowest BCUT2D eigenvalue weighted by atomic mass is 9.98. The molecule has 0 spiro atoms. The summed E-state index contributed by atoms with van der Waals surface area (Å²) >= 11 is 0. The van der Waals surface area contributed by atoms with Crippen LogP contribution in [-0.4, -0.2) is 24.5 Å².